The Morgan fingerprint density at radius 3 is 2.71 bits per heavy atom. The molecule has 1 saturated carbocycles. The molecule has 2 rings (SSSR count). The number of hydrogen-bond donors (Lipinski definition) is 1. The number of sulfonamides is 1. The summed E-state index contributed by atoms with van der Waals surface area (Å²) in [5.41, 5.74) is 2.19. The minimum Gasteiger partial charge on any atom is -0.496 e. The smallest absolute Gasteiger partial charge is 0.211 e. The zero-order valence-corrected chi connectivity index (χ0v) is 13.7. The fourth-order valence-electron chi connectivity index (χ4n) is 2.62. The Hall–Kier alpha value is -1.07. The van der Waals surface area contributed by atoms with Crippen LogP contribution < -0.4 is 9.46 Å². The van der Waals surface area contributed by atoms with Crippen molar-refractivity contribution in [2.24, 2.45) is 5.92 Å². The maximum absolute atomic E-state index is 11.9. The van der Waals surface area contributed by atoms with Crippen molar-refractivity contribution in [1.82, 2.24) is 4.72 Å². The SMILES string of the molecule is COc1ccc(C)cc1CCNS(=O)(=O)CCC1CCC1. The molecular weight excluding hydrogens is 286 g/mol. The maximum atomic E-state index is 11.9. The van der Waals surface area contributed by atoms with E-state index in [0.29, 0.717) is 18.9 Å². The van der Waals surface area contributed by atoms with Crippen LogP contribution in [0.25, 0.3) is 0 Å². The van der Waals surface area contributed by atoms with Gasteiger partial charge in [0.1, 0.15) is 5.75 Å². The van der Waals surface area contributed by atoms with Gasteiger partial charge in [-0.2, -0.15) is 0 Å². The summed E-state index contributed by atoms with van der Waals surface area (Å²) in [6.07, 6.45) is 5.08. The Bertz CT molecular complexity index is 565. The second-order valence-corrected chi connectivity index (χ2v) is 7.79. The minimum atomic E-state index is -3.14. The van der Waals surface area contributed by atoms with Crippen molar-refractivity contribution >= 4 is 10.0 Å². The molecule has 0 saturated heterocycles. The molecule has 21 heavy (non-hydrogen) atoms. The second kappa shape index (κ2) is 7.27. The average molecular weight is 311 g/mol. The number of methoxy groups -OCH3 is 1. The van der Waals surface area contributed by atoms with Crippen molar-refractivity contribution in [1.29, 1.82) is 0 Å². The molecule has 5 heteroatoms. The Labute approximate surface area is 127 Å². The number of benzene rings is 1. The molecule has 0 aromatic heterocycles. The number of nitrogens with one attached hydrogen (secondary N) is 1. The first kappa shape index (κ1) is 16.3. The molecule has 0 aliphatic heterocycles. The van der Waals surface area contributed by atoms with Crippen molar-refractivity contribution in [2.75, 3.05) is 19.4 Å². The molecule has 1 aliphatic rings. The Balaban J connectivity index is 1.81. The first-order valence-corrected chi connectivity index (χ1v) is 9.26. The lowest BCUT2D eigenvalue weighted by Gasteiger charge is -2.24. The molecule has 4 nitrogen and oxygen atoms in total. The van der Waals surface area contributed by atoms with E-state index in [4.69, 9.17) is 4.74 Å². The van der Waals surface area contributed by atoms with E-state index in [1.54, 1.807) is 7.11 Å². The van der Waals surface area contributed by atoms with Gasteiger partial charge in [-0.1, -0.05) is 37.0 Å². The van der Waals surface area contributed by atoms with E-state index in [1.165, 1.54) is 19.3 Å². The zero-order valence-electron chi connectivity index (χ0n) is 12.9. The van der Waals surface area contributed by atoms with Gasteiger partial charge in [0.15, 0.2) is 0 Å². The van der Waals surface area contributed by atoms with Gasteiger partial charge >= 0.3 is 0 Å². The molecule has 118 valence electrons. The van der Waals surface area contributed by atoms with Gasteiger partial charge in [0.25, 0.3) is 0 Å². The minimum absolute atomic E-state index is 0.253. The lowest BCUT2D eigenvalue weighted by Crippen LogP contribution is -2.30. The second-order valence-electron chi connectivity index (χ2n) is 5.86. The standard InChI is InChI=1S/C16H25NO3S/c1-13-6-7-16(20-2)15(12-13)8-10-17-21(18,19)11-9-14-4-3-5-14/h6-7,12,14,17H,3-5,8-11H2,1-2H3. The largest absolute Gasteiger partial charge is 0.496 e. The molecule has 0 bridgehead atoms. The van der Waals surface area contributed by atoms with Crippen LogP contribution in [0.2, 0.25) is 0 Å². The van der Waals surface area contributed by atoms with E-state index in [-0.39, 0.29) is 5.75 Å². The Morgan fingerprint density at radius 2 is 2.10 bits per heavy atom. The summed E-state index contributed by atoms with van der Waals surface area (Å²) in [7, 11) is -1.51. The number of ether oxygens (including phenoxy) is 1. The van der Waals surface area contributed by atoms with Gasteiger partial charge < -0.3 is 4.74 Å². The maximum Gasteiger partial charge on any atom is 0.211 e. The molecule has 1 aromatic rings. The highest BCUT2D eigenvalue weighted by molar-refractivity contribution is 7.89. The fraction of sp³-hybridized carbons (Fsp3) is 0.625. The normalized spacial score (nSPS) is 15.7. The van der Waals surface area contributed by atoms with E-state index >= 15 is 0 Å². The summed E-state index contributed by atoms with van der Waals surface area (Å²) in [5, 5.41) is 0. The molecule has 1 aromatic carbocycles. The summed E-state index contributed by atoms with van der Waals surface area (Å²) in [6.45, 7) is 2.44. The van der Waals surface area contributed by atoms with Crippen molar-refractivity contribution in [2.45, 2.75) is 39.0 Å². The highest BCUT2D eigenvalue weighted by Crippen LogP contribution is 2.29. The third-order valence-corrected chi connectivity index (χ3v) is 5.59. The third kappa shape index (κ3) is 5.00. The van der Waals surface area contributed by atoms with E-state index in [2.05, 4.69) is 4.72 Å². The molecule has 0 heterocycles. The van der Waals surface area contributed by atoms with Gasteiger partial charge in [-0.15, -0.1) is 0 Å². The van der Waals surface area contributed by atoms with E-state index in [9.17, 15) is 8.42 Å². The van der Waals surface area contributed by atoms with Crippen molar-refractivity contribution in [3.63, 3.8) is 0 Å². The van der Waals surface area contributed by atoms with Crippen LogP contribution >= 0.6 is 0 Å². The highest BCUT2D eigenvalue weighted by Gasteiger charge is 2.20. The lowest BCUT2D eigenvalue weighted by atomic mass is 9.84. The molecular formula is C16H25NO3S. The van der Waals surface area contributed by atoms with Crippen LogP contribution in [0.5, 0.6) is 5.75 Å². The van der Waals surface area contributed by atoms with Gasteiger partial charge in [-0.25, -0.2) is 13.1 Å². The Morgan fingerprint density at radius 1 is 1.33 bits per heavy atom. The monoisotopic (exact) mass is 311 g/mol. The molecule has 0 atom stereocenters. The average Bonchev–Trinajstić information content (AvgIpc) is 2.37. The molecule has 0 unspecified atom stereocenters. The van der Waals surface area contributed by atoms with Crippen LogP contribution in [0.15, 0.2) is 18.2 Å². The van der Waals surface area contributed by atoms with Gasteiger partial charge in [0, 0.05) is 6.54 Å². The first-order chi connectivity index (χ1) is 10.00. The predicted molar refractivity (Wildman–Crippen MR) is 85.2 cm³/mol. The molecule has 0 radical (unpaired) electrons. The van der Waals surface area contributed by atoms with Crippen LogP contribution in [0, 0.1) is 12.8 Å². The molecule has 1 fully saturated rings. The van der Waals surface area contributed by atoms with Crippen molar-refractivity contribution in [3.05, 3.63) is 29.3 Å². The Kier molecular flexibility index (Phi) is 5.65. The molecule has 0 spiro atoms. The lowest BCUT2D eigenvalue weighted by molar-refractivity contribution is 0.307. The quantitative estimate of drug-likeness (QED) is 0.803. The van der Waals surface area contributed by atoms with Crippen LogP contribution in [-0.4, -0.2) is 27.8 Å². The topological polar surface area (TPSA) is 55.4 Å². The molecule has 1 N–H and O–H groups in total. The highest BCUT2D eigenvalue weighted by atomic mass is 32.2. The van der Waals surface area contributed by atoms with Crippen LogP contribution in [0.3, 0.4) is 0 Å². The van der Waals surface area contributed by atoms with E-state index in [0.717, 1.165) is 23.3 Å². The predicted octanol–water partition coefficient (Wildman–Crippen LogP) is 2.66. The van der Waals surface area contributed by atoms with Crippen LogP contribution in [-0.2, 0) is 16.4 Å². The number of rotatable bonds is 8. The number of aryl methyl sites for hydroxylation is 1. The first-order valence-electron chi connectivity index (χ1n) is 7.61. The fourth-order valence-corrected chi connectivity index (χ4v) is 3.82. The van der Waals surface area contributed by atoms with Crippen molar-refractivity contribution in [3.8, 4) is 5.75 Å². The summed E-state index contributed by atoms with van der Waals surface area (Å²) in [5.74, 6) is 1.69. The third-order valence-electron chi connectivity index (χ3n) is 4.17. The summed E-state index contributed by atoms with van der Waals surface area (Å²) >= 11 is 0. The van der Waals surface area contributed by atoms with Crippen LogP contribution in [0.4, 0.5) is 0 Å². The molecule has 0 amide bonds. The summed E-state index contributed by atoms with van der Waals surface area (Å²) in [4.78, 5) is 0. The van der Waals surface area contributed by atoms with Crippen molar-refractivity contribution < 1.29 is 13.2 Å². The van der Waals surface area contributed by atoms with E-state index in [1.807, 2.05) is 25.1 Å². The zero-order chi connectivity index (χ0) is 15.3. The number of hydrogen-bond acceptors (Lipinski definition) is 3. The van der Waals surface area contributed by atoms with Crippen LogP contribution in [0.1, 0.15) is 36.8 Å². The summed E-state index contributed by atoms with van der Waals surface area (Å²) < 4.78 is 31.9. The van der Waals surface area contributed by atoms with Gasteiger partial charge in [-0.05, 0) is 37.3 Å². The molecule has 1 aliphatic carbocycles. The van der Waals surface area contributed by atoms with Gasteiger partial charge in [-0.3, -0.25) is 0 Å². The van der Waals surface area contributed by atoms with Gasteiger partial charge in [0.05, 0.1) is 12.9 Å². The van der Waals surface area contributed by atoms with E-state index < -0.39 is 10.0 Å². The summed E-state index contributed by atoms with van der Waals surface area (Å²) in [6, 6.07) is 5.96. The van der Waals surface area contributed by atoms with Gasteiger partial charge in [0.2, 0.25) is 10.0 Å².